The minimum atomic E-state index is -3.76. The van der Waals surface area contributed by atoms with Crippen molar-refractivity contribution in [1.29, 1.82) is 0 Å². The lowest BCUT2D eigenvalue weighted by molar-refractivity contribution is 0.0343. The molecule has 2 aromatic rings. The number of β-amino-alcohol motifs (C(OH)–C–C–N with tert-alkyl or cyclic N) is 1. The van der Waals surface area contributed by atoms with E-state index in [1.165, 1.54) is 0 Å². The second kappa shape index (κ2) is 5.13. The van der Waals surface area contributed by atoms with Crippen molar-refractivity contribution < 1.29 is 13.5 Å². The molecular formula is C15H18N4O3S. The molecule has 1 aromatic heterocycles. The minimum absolute atomic E-state index is 0.0265. The molecule has 2 aliphatic heterocycles. The zero-order valence-electron chi connectivity index (χ0n) is 12.4. The van der Waals surface area contributed by atoms with Gasteiger partial charge in [0.15, 0.2) is 0 Å². The fourth-order valence-corrected chi connectivity index (χ4v) is 4.55. The van der Waals surface area contributed by atoms with Crippen LogP contribution in [0.4, 0.5) is 0 Å². The van der Waals surface area contributed by atoms with Crippen molar-refractivity contribution in [3.8, 4) is 11.3 Å². The maximum atomic E-state index is 11.5. The largest absolute Gasteiger partial charge is 0.391 e. The number of aromatic nitrogens is 2. The van der Waals surface area contributed by atoms with Gasteiger partial charge in [-0.2, -0.15) is 12.7 Å². The monoisotopic (exact) mass is 334 g/mol. The predicted molar refractivity (Wildman–Crippen MR) is 84.6 cm³/mol. The Labute approximate surface area is 134 Å². The number of hydrogen-bond donors (Lipinski definition) is 2. The predicted octanol–water partition coefficient (Wildman–Crippen LogP) is 0.339. The Morgan fingerprint density at radius 3 is 2.83 bits per heavy atom. The summed E-state index contributed by atoms with van der Waals surface area (Å²) < 4.78 is 26.2. The number of imidazole rings is 1. The third-order valence-corrected chi connectivity index (χ3v) is 5.93. The Balaban J connectivity index is 1.70. The van der Waals surface area contributed by atoms with E-state index in [-0.39, 0.29) is 18.5 Å². The highest BCUT2D eigenvalue weighted by molar-refractivity contribution is 7.86. The molecule has 3 atom stereocenters. The Morgan fingerprint density at radius 1 is 1.30 bits per heavy atom. The van der Waals surface area contributed by atoms with Gasteiger partial charge in [-0.3, -0.25) is 0 Å². The van der Waals surface area contributed by atoms with E-state index in [0.717, 1.165) is 21.1 Å². The van der Waals surface area contributed by atoms with Crippen LogP contribution in [0.25, 0.3) is 11.3 Å². The Bertz CT molecular complexity index is 848. The standard InChI is InChI=1S/C15H18N4O3S/c16-23(21,22)18-6-5-12(14(20)8-18)15-11-4-2-1-3-10(11)13-7-17-9-19(13)15/h1-4,7,9,12,14-15,20H,5-6,8H2,(H2,16,21,22)/t12-,14-,15+/m1/s1. The van der Waals surface area contributed by atoms with Gasteiger partial charge >= 0.3 is 0 Å². The number of aliphatic hydroxyl groups is 1. The number of aliphatic hydroxyl groups excluding tert-OH is 1. The highest BCUT2D eigenvalue weighted by Crippen LogP contribution is 2.45. The van der Waals surface area contributed by atoms with Crippen molar-refractivity contribution in [2.24, 2.45) is 11.1 Å². The maximum Gasteiger partial charge on any atom is 0.276 e. The topological polar surface area (TPSA) is 101 Å². The van der Waals surface area contributed by atoms with Gasteiger partial charge in [0.2, 0.25) is 0 Å². The molecule has 8 heteroatoms. The van der Waals surface area contributed by atoms with Crippen LogP contribution >= 0.6 is 0 Å². The quantitative estimate of drug-likeness (QED) is 0.827. The van der Waals surface area contributed by atoms with Gasteiger partial charge in [0.1, 0.15) is 0 Å². The molecule has 0 bridgehead atoms. The summed E-state index contributed by atoms with van der Waals surface area (Å²) in [6.45, 7) is 0.357. The first kappa shape index (κ1) is 14.8. The number of nitrogens with zero attached hydrogens (tertiary/aromatic N) is 3. The smallest absolute Gasteiger partial charge is 0.276 e. The van der Waals surface area contributed by atoms with Gasteiger partial charge in [0, 0.05) is 24.6 Å². The average molecular weight is 334 g/mol. The van der Waals surface area contributed by atoms with E-state index < -0.39 is 16.3 Å². The molecule has 0 aliphatic carbocycles. The fraction of sp³-hybridized carbons (Fsp3) is 0.400. The van der Waals surface area contributed by atoms with E-state index in [2.05, 4.69) is 21.7 Å². The second-order valence-electron chi connectivity index (χ2n) is 6.14. The lowest BCUT2D eigenvalue weighted by atomic mass is 9.84. The normalized spacial score (nSPS) is 27.7. The zero-order valence-corrected chi connectivity index (χ0v) is 13.2. The first-order valence-electron chi connectivity index (χ1n) is 7.54. The highest BCUT2D eigenvalue weighted by Gasteiger charge is 2.41. The molecule has 0 unspecified atom stereocenters. The highest BCUT2D eigenvalue weighted by atomic mass is 32.2. The third kappa shape index (κ3) is 2.29. The van der Waals surface area contributed by atoms with E-state index in [1.807, 2.05) is 18.3 Å². The molecule has 0 saturated carbocycles. The minimum Gasteiger partial charge on any atom is -0.391 e. The lowest BCUT2D eigenvalue weighted by Gasteiger charge is -2.37. The van der Waals surface area contributed by atoms with E-state index >= 15 is 0 Å². The van der Waals surface area contributed by atoms with Crippen LogP contribution in [0.1, 0.15) is 18.0 Å². The van der Waals surface area contributed by atoms with Crippen molar-refractivity contribution in [2.75, 3.05) is 13.1 Å². The summed E-state index contributed by atoms with van der Waals surface area (Å²) in [5.41, 5.74) is 3.31. The van der Waals surface area contributed by atoms with Gasteiger partial charge in [0.05, 0.1) is 30.4 Å². The molecule has 1 aromatic carbocycles. The van der Waals surface area contributed by atoms with Gasteiger partial charge in [-0.15, -0.1) is 0 Å². The molecule has 2 aliphatic rings. The molecule has 1 saturated heterocycles. The molecule has 0 amide bonds. The molecule has 0 radical (unpaired) electrons. The summed E-state index contributed by atoms with van der Waals surface area (Å²) >= 11 is 0. The number of hydrogen-bond acceptors (Lipinski definition) is 4. The number of piperidine rings is 1. The number of nitrogens with two attached hydrogens (primary N) is 1. The van der Waals surface area contributed by atoms with Gasteiger partial charge in [-0.05, 0) is 12.0 Å². The van der Waals surface area contributed by atoms with E-state index in [4.69, 9.17) is 5.14 Å². The number of benzene rings is 1. The first-order valence-corrected chi connectivity index (χ1v) is 9.04. The van der Waals surface area contributed by atoms with Crippen molar-refractivity contribution in [2.45, 2.75) is 18.6 Å². The van der Waals surface area contributed by atoms with Crippen LogP contribution < -0.4 is 5.14 Å². The van der Waals surface area contributed by atoms with Crippen LogP contribution in [-0.4, -0.2) is 46.6 Å². The average Bonchev–Trinajstić information content (AvgIpc) is 3.07. The Morgan fingerprint density at radius 2 is 2.09 bits per heavy atom. The van der Waals surface area contributed by atoms with Crippen molar-refractivity contribution >= 4 is 10.2 Å². The van der Waals surface area contributed by atoms with Gasteiger partial charge < -0.3 is 9.67 Å². The van der Waals surface area contributed by atoms with Gasteiger partial charge in [0.25, 0.3) is 10.2 Å². The van der Waals surface area contributed by atoms with E-state index in [9.17, 15) is 13.5 Å². The van der Waals surface area contributed by atoms with E-state index in [0.29, 0.717) is 13.0 Å². The second-order valence-corrected chi connectivity index (χ2v) is 7.69. The van der Waals surface area contributed by atoms with Crippen LogP contribution in [0.2, 0.25) is 0 Å². The van der Waals surface area contributed by atoms with Crippen molar-refractivity contribution in [3.05, 3.63) is 42.4 Å². The molecule has 0 spiro atoms. The fourth-order valence-electron chi connectivity index (χ4n) is 3.83. The van der Waals surface area contributed by atoms with Crippen LogP contribution in [0.3, 0.4) is 0 Å². The van der Waals surface area contributed by atoms with Gasteiger partial charge in [-0.1, -0.05) is 24.3 Å². The summed E-state index contributed by atoms with van der Waals surface area (Å²) in [6.07, 6.45) is 3.38. The summed E-state index contributed by atoms with van der Waals surface area (Å²) in [6, 6.07) is 8.05. The van der Waals surface area contributed by atoms with Crippen LogP contribution in [0, 0.1) is 5.92 Å². The molecule has 3 N–H and O–H groups in total. The molecule has 122 valence electrons. The first-order chi connectivity index (χ1) is 11.0. The maximum absolute atomic E-state index is 11.5. The third-order valence-electron chi connectivity index (χ3n) is 4.88. The summed E-state index contributed by atoms with van der Waals surface area (Å²) in [5.74, 6) is -0.0791. The molecular weight excluding hydrogens is 316 g/mol. The van der Waals surface area contributed by atoms with E-state index in [1.54, 1.807) is 6.33 Å². The summed E-state index contributed by atoms with van der Waals surface area (Å²) in [4.78, 5) is 4.22. The summed E-state index contributed by atoms with van der Waals surface area (Å²) in [5, 5.41) is 15.7. The van der Waals surface area contributed by atoms with Crippen LogP contribution in [0.15, 0.2) is 36.8 Å². The van der Waals surface area contributed by atoms with Gasteiger partial charge in [-0.25, -0.2) is 10.1 Å². The zero-order chi connectivity index (χ0) is 16.2. The SMILES string of the molecule is NS(=O)(=O)N1CC[C@@H]([C@@H]2c3ccccc3-c3cncn32)[C@H](O)C1. The summed E-state index contributed by atoms with van der Waals surface area (Å²) in [7, 11) is -3.76. The molecule has 7 nitrogen and oxygen atoms in total. The molecule has 23 heavy (non-hydrogen) atoms. The van der Waals surface area contributed by atoms with Crippen molar-refractivity contribution in [3.63, 3.8) is 0 Å². The molecule has 1 fully saturated rings. The lowest BCUT2D eigenvalue weighted by Crippen LogP contribution is -2.50. The molecule has 4 rings (SSSR count). The Hall–Kier alpha value is -1.74. The van der Waals surface area contributed by atoms with Crippen LogP contribution in [0.5, 0.6) is 0 Å². The number of rotatable bonds is 2. The molecule has 3 heterocycles. The number of fused-ring (bicyclic) bond motifs is 3. The van der Waals surface area contributed by atoms with Crippen molar-refractivity contribution in [1.82, 2.24) is 13.9 Å². The van der Waals surface area contributed by atoms with Crippen LogP contribution in [-0.2, 0) is 10.2 Å². The Kier molecular flexibility index (Phi) is 3.31.